The SMILES string of the molecule is CNCCCN(C)C(=O)N(C)C1COCC1C(=O)O. The minimum Gasteiger partial charge on any atom is -0.481 e. The van der Waals surface area contributed by atoms with E-state index in [2.05, 4.69) is 5.32 Å². The zero-order valence-corrected chi connectivity index (χ0v) is 11.8. The monoisotopic (exact) mass is 273 g/mol. The summed E-state index contributed by atoms with van der Waals surface area (Å²) in [6.07, 6.45) is 0.857. The smallest absolute Gasteiger partial charge is 0.319 e. The van der Waals surface area contributed by atoms with Crippen LogP contribution in [0.3, 0.4) is 0 Å². The fraction of sp³-hybridized carbons (Fsp3) is 0.833. The van der Waals surface area contributed by atoms with Crippen molar-refractivity contribution >= 4 is 12.0 Å². The zero-order chi connectivity index (χ0) is 14.4. The molecule has 2 amide bonds. The minimum absolute atomic E-state index is 0.168. The molecule has 0 aromatic heterocycles. The Morgan fingerprint density at radius 3 is 2.63 bits per heavy atom. The summed E-state index contributed by atoms with van der Waals surface area (Å²) in [5, 5.41) is 12.1. The third kappa shape index (κ3) is 4.07. The summed E-state index contributed by atoms with van der Waals surface area (Å²) in [5.74, 6) is -1.56. The lowest BCUT2D eigenvalue weighted by molar-refractivity contribution is -0.142. The fourth-order valence-corrected chi connectivity index (χ4v) is 2.16. The number of rotatable bonds is 6. The van der Waals surface area contributed by atoms with E-state index in [9.17, 15) is 9.59 Å². The Bertz CT molecular complexity index is 324. The van der Waals surface area contributed by atoms with E-state index < -0.39 is 17.9 Å². The molecule has 7 nitrogen and oxygen atoms in total. The summed E-state index contributed by atoms with van der Waals surface area (Å²) in [7, 11) is 5.22. The molecule has 19 heavy (non-hydrogen) atoms. The van der Waals surface area contributed by atoms with Gasteiger partial charge in [-0.15, -0.1) is 0 Å². The molecule has 1 heterocycles. The van der Waals surface area contributed by atoms with Gasteiger partial charge in [0.05, 0.1) is 19.3 Å². The molecule has 0 bridgehead atoms. The number of likely N-dealkylation sites (N-methyl/N-ethyl adjacent to an activating group) is 1. The van der Waals surface area contributed by atoms with Crippen LogP contribution in [-0.2, 0) is 9.53 Å². The number of hydrogen-bond donors (Lipinski definition) is 2. The molecule has 7 heteroatoms. The van der Waals surface area contributed by atoms with E-state index in [1.165, 1.54) is 4.90 Å². The first-order valence-electron chi connectivity index (χ1n) is 6.42. The molecule has 1 aliphatic heterocycles. The molecular formula is C12H23N3O4. The highest BCUT2D eigenvalue weighted by molar-refractivity contribution is 5.77. The van der Waals surface area contributed by atoms with Crippen molar-refractivity contribution in [2.24, 2.45) is 5.92 Å². The molecule has 2 atom stereocenters. The number of aliphatic carboxylic acids is 1. The lowest BCUT2D eigenvalue weighted by Crippen LogP contribution is -2.49. The first kappa shape index (κ1) is 15.7. The second kappa shape index (κ2) is 7.30. The predicted molar refractivity (Wildman–Crippen MR) is 70.1 cm³/mol. The van der Waals surface area contributed by atoms with Gasteiger partial charge in [0, 0.05) is 20.6 Å². The van der Waals surface area contributed by atoms with E-state index in [4.69, 9.17) is 9.84 Å². The van der Waals surface area contributed by atoms with Gasteiger partial charge in [0.15, 0.2) is 0 Å². The number of nitrogens with zero attached hydrogens (tertiary/aromatic N) is 2. The number of carbonyl (C=O) groups is 2. The van der Waals surface area contributed by atoms with Crippen molar-refractivity contribution < 1.29 is 19.4 Å². The maximum atomic E-state index is 12.2. The number of carboxylic acids is 1. The van der Waals surface area contributed by atoms with Crippen molar-refractivity contribution in [1.82, 2.24) is 15.1 Å². The van der Waals surface area contributed by atoms with Crippen LogP contribution in [-0.4, -0.2) is 80.4 Å². The average molecular weight is 273 g/mol. The quantitative estimate of drug-likeness (QED) is 0.648. The van der Waals surface area contributed by atoms with Crippen LogP contribution in [0.15, 0.2) is 0 Å². The molecular weight excluding hydrogens is 250 g/mol. The van der Waals surface area contributed by atoms with Gasteiger partial charge in [-0.2, -0.15) is 0 Å². The van der Waals surface area contributed by atoms with Gasteiger partial charge in [-0.3, -0.25) is 4.79 Å². The second-order valence-electron chi connectivity index (χ2n) is 4.82. The highest BCUT2D eigenvalue weighted by atomic mass is 16.5. The fourth-order valence-electron chi connectivity index (χ4n) is 2.16. The van der Waals surface area contributed by atoms with Crippen molar-refractivity contribution in [2.75, 3.05) is 47.4 Å². The number of nitrogens with one attached hydrogen (secondary N) is 1. The van der Waals surface area contributed by atoms with Gasteiger partial charge in [0.1, 0.15) is 5.92 Å². The Hall–Kier alpha value is -1.34. The van der Waals surface area contributed by atoms with Gasteiger partial charge >= 0.3 is 12.0 Å². The van der Waals surface area contributed by atoms with Crippen LogP contribution < -0.4 is 5.32 Å². The molecule has 2 unspecified atom stereocenters. The van der Waals surface area contributed by atoms with Gasteiger partial charge in [-0.25, -0.2) is 4.79 Å². The zero-order valence-electron chi connectivity index (χ0n) is 11.8. The first-order valence-corrected chi connectivity index (χ1v) is 6.42. The van der Waals surface area contributed by atoms with E-state index in [1.54, 1.807) is 19.0 Å². The molecule has 0 saturated carbocycles. The second-order valence-corrected chi connectivity index (χ2v) is 4.82. The largest absolute Gasteiger partial charge is 0.481 e. The summed E-state index contributed by atoms with van der Waals surface area (Å²) in [4.78, 5) is 26.3. The highest BCUT2D eigenvalue weighted by Crippen LogP contribution is 2.19. The number of amides is 2. The van der Waals surface area contributed by atoms with Crippen LogP contribution in [0.2, 0.25) is 0 Å². The Labute approximate surface area is 113 Å². The summed E-state index contributed by atoms with van der Waals surface area (Å²) >= 11 is 0. The van der Waals surface area contributed by atoms with Crippen molar-refractivity contribution in [1.29, 1.82) is 0 Å². The van der Waals surface area contributed by atoms with Gasteiger partial charge < -0.3 is 25.0 Å². The first-order chi connectivity index (χ1) is 8.99. The van der Waals surface area contributed by atoms with Crippen LogP contribution >= 0.6 is 0 Å². The van der Waals surface area contributed by atoms with Gasteiger partial charge in [0.2, 0.25) is 0 Å². The minimum atomic E-state index is -0.917. The molecule has 2 N–H and O–H groups in total. The maximum Gasteiger partial charge on any atom is 0.319 e. The van der Waals surface area contributed by atoms with E-state index in [0.717, 1.165) is 13.0 Å². The highest BCUT2D eigenvalue weighted by Gasteiger charge is 2.39. The Morgan fingerprint density at radius 1 is 1.37 bits per heavy atom. The predicted octanol–water partition coefficient (Wildman–Crippen LogP) is -0.321. The number of carbonyl (C=O) groups excluding carboxylic acids is 1. The van der Waals surface area contributed by atoms with E-state index in [1.807, 2.05) is 7.05 Å². The Kier molecular flexibility index (Phi) is 6.04. The summed E-state index contributed by atoms with van der Waals surface area (Å²) in [6, 6.07) is -0.561. The van der Waals surface area contributed by atoms with Gasteiger partial charge in [0.25, 0.3) is 0 Å². The molecule has 1 rings (SSSR count). The molecule has 0 aliphatic carbocycles. The maximum absolute atomic E-state index is 12.2. The number of ether oxygens (including phenoxy) is 1. The normalized spacial score (nSPS) is 22.3. The van der Waals surface area contributed by atoms with E-state index in [0.29, 0.717) is 6.54 Å². The molecule has 0 aromatic carbocycles. The molecule has 0 spiro atoms. The van der Waals surface area contributed by atoms with Crippen LogP contribution in [0.1, 0.15) is 6.42 Å². The molecule has 1 aliphatic rings. The van der Waals surface area contributed by atoms with Crippen molar-refractivity contribution in [2.45, 2.75) is 12.5 Å². The van der Waals surface area contributed by atoms with Crippen LogP contribution in [0.5, 0.6) is 0 Å². The van der Waals surface area contributed by atoms with Crippen molar-refractivity contribution in [3.8, 4) is 0 Å². The number of hydrogen-bond acceptors (Lipinski definition) is 4. The van der Waals surface area contributed by atoms with Gasteiger partial charge in [-0.05, 0) is 20.0 Å². The van der Waals surface area contributed by atoms with Crippen LogP contribution in [0.4, 0.5) is 4.79 Å². The standard InChI is InChI=1S/C12H23N3O4/c1-13-5-4-6-14(2)12(18)15(3)10-8-19-7-9(10)11(16)17/h9-10,13H,4-8H2,1-3H3,(H,16,17). The molecule has 0 radical (unpaired) electrons. The molecule has 1 fully saturated rings. The lowest BCUT2D eigenvalue weighted by atomic mass is 10.0. The number of urea groups is 1. The third-order valence-corrected chi connectivity index (χ3v) is 3.41. The van der Waals surface area contributed by atoms with Crippen molar-refractivity contribution in [3.05, 3.63) is 0 Å². The Morgan fingerprint density at radius 2 is 2.05 bits per heavy atom. The summed E-state index contributed by atoms with van der Waals surface area (Å²) in [5.41, 5.74) is 0. The third-order valence-electron chi connectivity index (χ3n) is 3.41. The topological polar surface area (TPSA) is 82.1 Å². The summed E-state index contributed by atoms with van der Waals surface area (Å²) < 4.78 is 5.18. The van der Waals surface area contributed by atoms with Crippen LogP contribution in [0.25, 0.3) is 0 Å². The lowest BCUT2D eigenvalue weighted by Gasteiger charge is -2.30. The number of carboxylic acid groups (broad SMARTS) is 1. The molecule has 110 valence electrons. The summed E-state index contributed by atoms with van der Waals surface area (Å²) in [6.45, 7) is 1.92. The van der Waals surface area contributed by atoms with Gasteiger partial charge in [-0.1, -0.05) is 0 Å². The van der Waals surface area contributed by atoms with Crippen molar-refractivity contribution in [3.63, 3.8) is 0 Å². The van der Waals surface area contributed by atoms with Crippen LogP contribution in [0, 0.1) is 5.92 Å². The molecule has 1 saturated heterocycles. The Balaban J connectivity index is 2.53. The molecule has 0 aromatic rings. The van der Waals surface area contributed by atoms with E-state index in [-0.39, 0.29) is 19.2 Å². The van der Waals surface area contributed by atoms with E-state index >= 15 is 0 Å². The average Bonchev–Trinajstić information content (AvgIpc) is 2.86.